The van der Waals surface area contributed by atoms with Crippen LogP contribution in [0.25, 0.3) is 10.8 Å². The van der Waals surface area contributed by atoms with Crippen LogP contribution in [0.15, 0.2) is 18.2 Å². The fourth-order valence-corrected chi connectivity index (χ4v) is 3.50. The second-order valence-corrected chi connectivity index (χ2v) is 6.73. The molecule has 1 aliphatic rings. The Kier molecular flexibility index (Phi) is 4.80. The van der Waals surface area contributed by atoms with Gasteiger partial charge in [0.1, 0.15) is 23.4 Å². The molecule has 2 aromatic rings. The molecule has 1 N–H and O–H groups in total. The van der Waals surface area contributed by atoms with Gasteiger partial charge in [-0.05, 0) is 50.8 Å². The third kappa shape index (κ3) is 3.02. The monoisotopic (exact) mass is 346 g/mol. The zero-order valence-corrected chi connectivity index (χ0v) is 15.6. The lowest BCUT2D eigenvalue weighted by molar-refractivity contribution is -0.0818. The van der Waals surface area contributed by atoms with Crippen LogP contribution in [0.5, 0.6) is 17.2 Å². The molecule has 0 amide bonds. The number of aliphatic hydroxyl groups excluding tert-OH is 1. The minimum atomic E-state index is -0.706. The van der Waals surface area contributed by atoms with Gasteiger partial charge < -0.3 is 24.1 Å². The number of aliphatic hydroxyl groups is 1. The number of benzene rings is 2. The van der Waals surface area contributed by atoms with E-state index in [1.807, 2.05) is 45.9 Å². The first-order valence-electron chi connectivity index (χ1n) is 8.60. The molecule has 0 radical (unpaired) electrons. The van der Waals surface area contributed by atoms with E-state index in [1.54, 1.807) is 14.2 Å². The summed E-state index contributed by atoms with van der Waals surface area (Å²) in [6, 6.07) is 5.77. The third-order valence-electron chi connectivity index (χ3n) is 4.60. The van der Waals surface area contributed by atoms with Crippen molar-refractivity contribution in [2.24, 2.45) is 0 Å². The molecule has 3 atom stereocenters. The Morgan fingerprint density at radius 3 is 2.40 bits per heavy atom. The predicted octanol–water partition coefficient (Wildman–Crippen LogP) is 4.16. The Hall–Kier alpha value is -1.98. The molecule has 0 unspecified atom stereocenters. The Balaban J connectivity index is 2.40. The topological polar surface area (TPSA) is 57.2 Å². The molecular weight excluding hydrogens is 320 g/mol. The summed E-state index contributed by atoms with van der Waals surface area (Å²) in [5, 5.41) is 12.5. The largest absolute Gasteiger partial charge is 0.497 e. The smallest absolute Gasteiger partial charge is 0.137 e. The van der Waals surface area contributed by atoms with Gasteiger partial charge in [0.15, 0.2) is 0 Å². The average molecular weight is 346 g/mol. The van der Waals surface area contributed by atoms with Crippen LogP contribution in [-0.4, -0.2) is 31.5 Å². The second kappa shape index (κ2) is 6.73. The van der Waals surface area contributed by atoms with Crippen LogP contribution in [0.2, 0.25) is 0 Å². The Morgan fingerprint density at radius 2 is 1.80 bits per heavy atom. The molecule has 0 aliphatic carbocycles. The van der Waals surface area contributed by atoms with Gasteiger partial charge in [0, 0.05) is 11.6 Å². The van der Waals surface area contributed by atoms with Gasteiger partial charge in [0.2, 0.25) is 0 Å². The summed E-state index contributed by atoms with van der Waals surface area (Å²) in [6.45, 7) is 7.82. The van der Waals surface area contributed by atoms with Crippen molar-refractivity contribution in [3.8, 4) is 17.2 Å². The number of ether oxygens (including phenoxy) is 4. The molecule has 0 saturated carbocycles. The molecule has 25 heavy (non-hydrogen) atoms. The van der Waals surface area contributed by atoms with Crippen molar-refractivity contribution < 1.29 is 24.1 Å². The fourth-order valence-electron chi connectivity index (χ4n) is 3.50. The lowest BCUT2D eigenvalue weighted by atomic mass is 9.88. The van der Waals surface area contributed by atoms with E-state index in [1.165, 1.54) is 0 Å². The van der Waals surface area contributed by atoms with E-state index in [-0.39, 0.29) is 18.3 Å². The van der Waals surface area contributed by atoms with Crippen LogP contribution in [0.3, 0.4) is 0 Å². The van der Waals surface area contributed by atoms with Crippen LogP contribution in [0.4, 0.5) is 0 Å². The van der Waals surface area contributed by atoms with Gasteiger partial charge in [-0.15, -0.1) is 0 Å². The average Bonchev–Trinajstić information content (AvgIpc) is 2.57. The van der Waals surface area contributed by atoms with Gasteiger partial charge >= 0.3 is 0 Å². The lowest BCUT2D eigenvalue weighted by Crippen LogP contribution is -2.28. The van der Waals surface area contributed by atoms with Crippen molar-refractivity contribution in [2.45, 2.75) is 52.1 Å². The Labute approximate surface area is 148 Å². The first-order chi connectivity index (χ1) is 11.9. The molecule has 2 aromatic carbocycles. The SMILES string of the molecule is COc1cc(OC)c2c(OC(C)C)c3c(cc2c1)[C@H](O)[C@@H](C)O[C@@H]3C. The summed E-state index contributed by atoms with van der Waals surface area (Å²) >= 11 is 0. The number of fused-ring (bicyclic) bond motifs is 2. The van der Waals surface area contributed by atoms with E-state index in [0.29, 0.717) is 17.2 Å². The van der Waals surface area contributed by atoms with Crippen molar-refractivity contribution in [2.75, 3.05) is 14.2 Å². The van der Waals surface area contributed by atoms with Crippen LogP contribution in [0.1, 0.15) is 51.0 Å². The third-order valence-corrected chi connectivity index (χ3v) is 4.60. The number of methoxy groups -OCH3 is 2. The maximum Gasteiger partial charge on any atom is 0.137 e. The highest BCUT2D eigenvalue weighted by Gasteiger charge is 2.34. The standard InChI is InChI=1S/C20H26O5/c1-10(2)24-20-17-11(3)25-12(4)19(21)15(17)8-13-7-14(22-5)9-16(23-6)18(13)20/h7-12,19,21H,1-6H3/t11-,12-,19-/m1/s1. The van der Waals surface area contributed by atoms with Crippen LogP contribution >= 0.6 is 0 Å². The lowest BCUT2D eigenvalue weighted by Gasteiger charge is -2.35. The Bertz CT molecular complexity index is 783. The van der Waals surface area contributed by atoms with E-state index in [4.69, 9.17) is 18.9 Å². The molecule has 136 valence electrons. The predicted molar refractivity (Wildman–Crippen MR) is 96.7 cm³/mol. The van der Waals surface area contributed by atoms with Crippen LogP contribution in [0, 0.1) is 0 Å². The van der Waals surface area contributed by atoms with Crippen molar-refractivity contribution in [3.05, 3.63) is 29.3 Å². The van der Waals surface area contributed by atoms with E-state index in [2.05, 4.69) is 0 Å². The molecule has 0 fully saturated rings. The highest BCUT2D eigenvalue weighted by atomic mass is 16.5. The maximum atomic E-state index is 10.7. The molecule has 1 aliphatic heterocycles. The number of hydrogen-bond donors (Lipinski definition) is 1. The van der Waals surface area contributed by atoms with Crippen molar-refractivity contribution in [1.82, 2.24) is 0 Å². The maximum absolute atomic E-state index is 10.7. The second-order valence-electron chi connectivity index (χ2n) is 6.73. The van der Waals surface area contributed by atoms with E-state index in [0.717, 1.165) is 21.9 Å². The van der Waals surface area contributed by atoms with E-state index in [9.17, 15) is 5.11 Å². The first-order valence-corrected chi connectivity index (χ1v) is 8.60. The summed E-state index contributed by atoms with van der Waals surface area (Å²) in [4.78, 5) is 0. The quantitative estimate of drug-likeness (QED) is 0.901. The first kappa shape index (κ1) is 17.8. The van der Waals surface area contributed by atoms with Crippen molar-refractivity contribution >= 4 is 10.8 Å². The van der Waals surface area contributed by atoms with E-state index < -0.39 is 6.10 Å². The summed E-state index contributed by atoms with van der Waals surface area (Å²) in [5.41, 5.74) is 1.72. The molecule has 3 rings (SSSR count). The van der Waals surface area contributed by atoms with Gasteiger partial charge in [-0.3, -0.25) is 0 Å². The van der Waals surface area contributed by atoms with Gasteiger partial charge in [-0.2, -0.15) is 0 Å². The Morgan fingerprint density at radius 1 is 1.08 bits per heavy atom. The number of hydrogen-bond acceptors (Lipinski definition) is 5. The fraction of sp³-hybridized carbons (Fsp3) is 0.500. The van der Waals surface area contributed by atoms with Crippen molar-refractivity contribution in [1.29, 1.82) is 0 Å². The van der Waals surface area contributed by atoms with Gasteiger partial charge in [-0.1, -0.05) is 0 Å². The zero-order chi connectivity index (χ0) is 18.3. The number of rotatable bonds is 4. The molecule has 0 bridgehead atoms. The molecule has 5 heteroatoms. The highest BCUT2D eigenvalue weighted by molar-refractivity contribution is 5.97. The molecular formula is C20H26O5. The van der Waals surface area contributed by atoms with Gasteiger partial charge in [-0.25, -0.2) is 0 Å². The van der Waals surface area contributed by atoms with Crippen LogP contribution in [-0.2, 0) is 4.74 Å². The minimum Gasteiger partial charge on any atom is -0.497 e. The molecule has 0 spiro atoms. The summed E-state index contributed by atoms with van der Waals surface area (Å²) < 4.78 is 23.1. The minimum absolute atomic E-state index is 0.0230. The normalized spacial score (nSPS) is 22.8. The summed E-state index contributed by atoms with van der Waals surface area (Å²) in [7, 11) is 3.25. The molecule has 0 saturated heterocycles. The van der Waals surface area contributed by atoms with Crippen LogP contribution < -0.4 is 14.2 Å². The summed E-state index contributed by atoms with van der Waals surface area (Å²) in [5.74, 6) is 2.08. The molecule has 5 nitrogen and oxygen atoms in total. The van der Waals surface area contributed by atoms with E-state index >= 15 is 0 Å². The zero-order valence-electron chi connectivity index (χ0n) is 15.6. The summed E-state index contributed by atoms with van der Waals surface area (Å²) in [6.07, 6.45) is -1.19. The van der Waals surface area contributed by atoms with Gasteiger partial charge in [0.05, 0.1) is 37.9 Å². The molecule has 0 aromatic heterocycles. The molecule has 1 heterocycles. The highest BCUT2D eigenvalue weighted by Crippen LogP contribution is 2.48. The van der Waals surface area contributed by atoms with Crippen molar-refractivity contribution in [3.63, 3.8) is 0 Å². The van der Waals surface area contributed by atoms with Gasteiger partial charge in [0.25, 0.3) is 0 Å².